The molecule has 3 aromatic rings. The predicted octanol–water partition coefficient (Wildman–Crippen LogP) is 2.78. The van der Waals surface area contributed by atoms with Gasteiger partial charge in [-0.3, -0.25) is 9.59 Å². The van der Waals surface area contributed by atoms with Crippen LogP contribution in [0.2, 0.25) is 0 Å². The third-order valence-corrected chi connectivity index (χ3v) is 4.10. The topological polar surface area (TPSA) is 83.2 Å². The second-order valence-electron chi connectivity index (χ2n) is 6.06. The number of benzene rings is 2. The fourth-order valence-corrected chi connectivity index (χ4v) is 2.81. The molecule has 1 aromatic heterocycles. The number of para-hydroxylation sites is 1. The summed E-state index contributed by atoms with van der Waals surface area (Å²) in [5.74, 6) is 0.0661. The summed E-state index contributed by atoms with van der Waals surface area (Å²) >= 11 is 0. The van der Waals surface area contributed by atoms with Crippen LogP contribution < -0.4 is 15.4 Å². The quantitative estimate of drug-likeness (QED) is 0.638. The molecule has 6 nitrogen and oxygen atoms in total. The molecular formula is C20H21N3O3. The summed E-state index contributed by atoms with van der Waals surface area (Å²) in [5, 5.41) is 6.42. The van der Waals surface area contributed by atoms with Gasteiger partial charge in [0, 0.05) is 17.1 Å². The predicted molar refractivity (Wildman–Crippen MR) is 101 cm³/mol. The van der Waals surface area contributed by atoms with E-state index in [-0.39, 0.29) is 24.8 Å². The number of aryl methyl sites for hydroxylation is 1. The highest BCUT2D eigenvalue weighted by Gasteiger charge is 2.11. The van der Waals surface area contributed by atoms with Crippen molar-refractivity contribution in [2.75, 3.05) is 19.0 Å². The molecule has 0 aliphatic heterocycles. The van der Waals surface area contributed by atoms with Crippen molar-refractivity contribution < 1.29 is 14.3 Å². The smallest absolute Gasteiger partial charge is 0.243 e. The number of hydrogen-bond acceptors (Lipinski definition) is 3. The summed E-state index contributed by atoms with van der Waals surface area (Å²) in [6, 6.07) is 13.3. The van der Waals surface area contributed by atoms with Crippen molar-refractivity contribution in [3.05, 3.63) is 59.8 Å². The van der Waals surface area contributed by atoms with E-state index in [1.165, 1.54) is 0 Å². The van der Waals surface area contributed by atoms with Gasteiger partial charge in [-0.25, -0.2) is 0 Å². The summed E-state index contributed by atoms with van der Waals surface area (Å²) < 4.78 is 5.23. The van der Waals surface area contributed by atoms with Crippen molar-refractivity contribution in [1.29, 1.82) is 0 Å². The van der Waals surface area contributed by atoms with E-state index in [1.54, 1.807) is 13.2 Å². The summed E-state index contributed by atoms with van der Waals surface area (Å²) in [4.78, 5) is 27.4. The normalized spacial score (nSPS) is 10.5. The van der Waals surface area contributed by atoms with Crippen molar-refractivity contribution in [1.82, 2.24) is 10.3 Å². The molecule has 6 heteroatoms. The number of carbonyl (C=O) groups is 2. The number of anilines is 1. The van der Waals surface area contributed by atoms with E-state index >= 15 is 0 Å². The molecule has 1 heterocycles. The largest absolute Gasteiger partial charge is 0.495 e. The van der Waals surface area contributed by atoms with Crippen LogP contribution in [0.5, 0.6) is 5.75 Å². The van der Waals surface area contributed by atoms with Crippen LogP contribution in [0.3, 0.4) is 0 Å². The molecule has 3 N–H and O–H groups in total. The zero-order valence-electron chi connectivity index (χ0n) is 14.8. The van der Waals surface area contributed by atoms with Crippen LogP contribution >= 0.6 is 0 Å². The number of fused-ring (bicyclic) bond motifs is 1. The molecule has 0 unspecified atom stereocenters. The van der Waals surface area contributed by atoms with Crippen molar-refractivity contribution in [2.24, 2.45) is 0 Å². The molecule has 0 fully saturated rings. The van der Waals surface area contributed by atoms with Crippen LogP contribution in [-0.2, 0) is 16.0 Å². The lowest BCUT2D eigenvalue weighted by molar-refractivity contribution is -0.123. The van der Waals surface area contributed by atoms with Crippen LogP contribution in [0.4, 0.5) is 5.69 Å². The van der Waals surface area contributed by atoms with Crippen molar-refractivity contribution in [3.63, 3.8) is 0 Å². The number of ether oxygens (including phenoxy) is 1. The van der Waals surface area contributed by atoms with E-state index in [0.29, 0.717) is 11.4 Å². The minimum Gasteiger partial charge on any atom is -0.495 e. The molecule has 0 radical (unpaired) electrons. The van der Waals surface area contributed by atoms with Crippen molar-refractivity contribution in [2.45, 2.75) is 13.3 Å². The molecule has 26 heavy (non-hydrogen) atoms. The van der Waals surface area contributed by atoms with Gasteiger partial charge in [-0.1, -0.05) is 24.3 Å². The molecule has 134 valence electrons. The Balaban J connectivity index is 1.56. The van der Waals surface area contributed by atoms with E-state index in [1.807, 2.05) is 49.5 Å². The first kappa shape index (κ1) is 17.5. The van der Waals surface area contributed by atoms with Crippen LogP contribution in [0.25, 0.3) is 10.9 Å². The molecule has 0 bridgehead atoms. The molecule has 0 spiro atoms. The molecule has 0 saturated heterocycles. The fraction of sp³-hybridized carbons (Fsp3) is 0.200. The van der Waals surface area contributed by atoms with Gasteiger partial charge < -0.3 is 20.4 Å². The van der Waals surface area contributed by atoms with Gasteiger partial charge in [0.2, 0.25) is 11.8 Å². The molecule has 0 atom stereocenters. The van der Waals surface area contributed by atoms with Crippen LogP contribution in [0.1, 0.15) is 11.1 Å². The van der Waals surface area contributed by atoms with Crippen LogP contribution in [0.15, 0.2) is 48.7 Å². The van der Waals surface area contributed by atoms with Gasteiger partial charge in [0.1, 0.15) is 5.75 Å². The molecule has 0 saturated carbocycles. The van der Waals surface area contributed by atoms with Gasteiger partial charge in [0.25, 0.3) is 0 Å². The van der Waals surface area contributed by atoms with Crippen LogP contribution in [0, 0.1) is 6.92 Å². The second kappa shape index (κ2) is 7.74. The maximum atomic E-state index is 12.2. The molecule has 0 aliphatic carbocycles. The Morgan fingerprint density at radius 2 is 1.92 bits per heavy atom. The Morgan fingerprint density at radius 1 is 1.12 bits per heavy atom. The summed E-state index contributed by atoms with van der Waals surface area (Å²) in [7, 11) is 1.54. The number of methoxy groups -OCH3 is 1. The number of rotatable bonds is 6. The minimum absolute atomic E-state index is 0.0989. The number of aromatic nitrogens is 1. The maximum absolute atomic E-state index is 12.2. The molecule has 3 rings (SSSR count). The second-order valence-corrected chi connectivity index (χ2v) is 6.06. The highest BCUT2D eigenvalue weighted by Crippen LogP contribution is 2.25. The number of aromatic amines is 1. The zero-order valence-corrected chi connectivity index (χ0v) is 14.8. The summed E-state index contributed by atoms with van der Waals surface area (Å²) in [6.45, 7) is 1.83. The lowest BCUT2D eigenvalue weighted by Gasteiger charge is -2.11. The van der Waals surface area contributed by atoms with E-state index in [9.17, 15) is 9.59 Å². The zero-order chi connectivity index (χ0) is 18.5. The highest BCUT2D eigenvalue weighted by atomic mass is 16.5. The molecular weight excluding hydrogens is 330 g/mol. The first-order valence-corrected chi connectivity index (χ1v) is 8.33. The Kier molecular flexibility index (Phi) is 5.22. The van der Waals surface area contributed by atoms with E-state index < -0.39 is 0 Å². The summed E-state index contributed by atoms with van der Waals surface area (Å²) in [5.41, 5.74) is 3.48. The van der Waals surface area contributed by atoms with Crippen molar-refractivity contribution in [3.8, 4) is 5.75 Å². The monoisotopic (exact) mass is 351 g/mol. The van der Waals surface area contributed by atoms with Gasteiger partial charge in [0.05, 0.1) is 25.8 Å². The average molecular weight is 351 g/mol. The number of carbonyl (C=O) groups excluding carboxylic acids is 2. The number of hydrogen-bond donors (Lipinski definition) is 3. The Hall–Kier alpha value is -3.28. The Morgan fingerprint density at radius 3 is 2.73 bits per heavy atom. The van der Waals surface area contributed by atoms with Gasteiger partial charge in [0.15, 0.2) is 0 Å². The molecule has 2 aromatic carbocycles. The number of nitrogens with one attached hydrogen (secondary N) is 3. The van der Waals surface area contributed by atoms with Gasteiger partial charge in [-0.05, 0) is 36.2 Å². The van der Waals surface area contributed by atoms with Gasteiger partial charge >= 0.3 is 0 Å². The van der Waals surface area contributed by atoms with Crippen LogP contribution in [-0.4, -0.2) is 30.5 Å². The van der Waals surface area contributed by atoms with E-state index in [4.69, 9.17) is 4.74 Å². The lowest BCUT2D eigenvalue weighted by atomic mass is 10.1. The van der Waals surface area contributed by atoms with Gasteiger partial charge in [-0.15, -0.1) is 0 Å². The Bertz CT molecular complexity index is 946. The number of amides is 2. The first-order valence-electron chi connectivity index (χ1n) is 8.33. The molecule has 2 amide bonds. The van der Waals surface area contributed by atoms with E-state index in [2.05, 4.69) is 15.6 Å². The first-order chi connectivity index (χ1) is 12.6. The lowest BCUT2D eigenvalue weighted by Crippen LogP contribution is -2.33. The van der Waals surface area contributed by atoms with Crippen molar-refractivity contribution >= 4 is 28.4 Å². The standard InChI is InChI=1S/C20H21N3O3/c1-13-7-8-18(26-2)17(9-13)23-20(25)12-22-19(24)10-14-11-21-16-6-4-3-5-15(14)16/h3-9,11,21H,10,12H2,1-2H3,(H,22,24)(H,23,25). The third kappa shape index (κ3) is 4.03. The summed E-state index contributed by atoms with van der Waals surface area (Å²) in [6.07, 6.45) is 2.03. The molecule has 0 aliphatic rings. The Labute approximate surface area is 151 Å². The van der Waals surface area contributed by atoms with E-state index in [0.717, 1.165) is 22.0 Å². The van der Waals surface area contributed by atoms with Gasteiger partial charge in [-0.2, -0.15) is 0 Å². The third-order valence-electron chi connectivity index (χ3n) is 4.10. The minimum atomic E-state index is -0.304. The highest BCUT2D eigenvalue weighted by molar-refractivity contribution is 5.96. The maximum Gasteiger partial charge on any atom is 0.243 e. The fourth-order valence-electron chi connectivity index (χ4n) is 2.81. The average Bonchev–Trinajstić information content (AvgIpc) is 3.03. The SMILES string of the molecule is COc1ccc(C)cc1NC(=O)CNC(=O)Cc1c[nH]c2ccccc12. The number of H-pyrrole nitrogens is 1.